The molecule has 0 aromatic heterocycles. The van der Waals surface area contributed by atoms with E-state index in [-0.39, 0.29) is 18.5 Å². The third kappa shape index (κ3) is 7.04. The molecular weight excluding hydrogens is 330 g/mol. The summed E-state index contributed by atoms with van der Waals surface area (Å²) in [4.78, 5) is 17.5. The SMILES string of the molecule is CCCCNC(=NCC(=O)N(C)C)NC[C@H]1CCCN1S(C)(=O)=O. The topological polar surface area (TPSA) is 94.1 Å². The normalized spacial score (nSPS) is 19.3. The Labute approximate surface area is 145 Å². The fourth-order valence-corrected chi connectivity index (χ4v) is 3.69. The van der Waals surface area contributed by atoms with Crippen molar-refractivity contribution in [3.05, 3.63) is 0 Å². The number of unbranched alkanes of at least 4 members (excludes halogenated alkanes) is 1. The molecule has 1 fully saturated rings. The van der Waals surface area contributed by atoms with Crippen LogP contribution < -0.4 is 10.6 Å². The lowest BCUT2D eigenvalue weighted by Gasteiger charge is -2.23. The van der Waals surface area contributed by atoms with Crippen LogP contribution >= 0.6 is 0 Å². The third-order valence-electron chi connectivity index (χ3n) is 3.95. The molecular formula is C15H31N5O3S. The Morgan fingerprint density at radius 1 is 1.33 bits per heavy atom. The molecule has 9 heteroatoms. The summed E-state index contributed by atoms with van der Waals surface area (Å²) in [6.07, 6.45) is 5.01. The Morgan fingerprint density at radius 2 is 2.04 bits per heavy atom. The highest BCUT2D eigenvalue weighted by molar-refractivity contribution is 7.88. The van der Waals surface area contributed by atoms with Crippen LogP contribution in [0.4, 0.5) is 0 Å². The first-order chi connectivity index (χ1) is 11.3. The molecule has 0 aromatic rings. The lowest BCUT2D eigenvalue weighted by atomic mass is 10.2. The first-order valence-corrected chi connectivity index (χ1v) is 10.3. The van der Waals surface area contributed by atoms with E-state index in [1.165, 1.54) is 15.5 Å². The average molecular weight is 362 g/mol. The van der Waals surface area contributed by atoms with Crippen molar-refractivity contribution in [2.24, 2.45) is 4.99 Å². The van der Waals surface area contributed by atoms with E-state index in [9.17, 15) is 13.2 Å². The Hall–Kier alpha value is -1.35. The van der Waals surface area contributed by atoms with Crippen LogP contribution in [0.15, 0.2) is 4.99 Å². The van der Waals surface area contributed by atoms with E-state index in [1.54, 1.807) is 14.1 Å². The number of amides is 1. The molecule has 0 spiro atoms. The Bertz CT molecular complexity index is 533. The van der Waals surface area contributed by atoms with E-state index in [4.69, 9.17) is 0 Å². The van der Waals surface area contributed by atoms with Gasteiger partial charge in [0.05, 0.1) is 6.26 Å². The van der Waals surface area contributed by atoms with Crippen LogP contribution in [0.25, 0.3) is 0 Å². The molecule has 1 heterocycles. The Morgan fingerprint density at radius 3 is 2.62 bits per heavy atom. The van der Waals surface area contributed by atoms with Gasteiger partial charge in [-0.25, -0.2) is 13.4 Å². The molecule has 8 nitrogen and oxygen atoms in total. The second kappa shape index (κ2) is 9.83. The molecule has 0 aliphatic carbocycles. The van der Waals surface area contributed by atoms with Crippen molar-refractivity contribution in [3.63, 3.8) is 0 Å². The predicted molar refractivity (Wildman–Crippen MR) is 96.5 cm³/mol. The fourth-order valence-electron chi connectivity index (χ4n) is 2.51. The molecule has 1 atom stereocenters. The van der Waals surface area contributed by atoms with Gasteiger partial charge in [0.2, 0.25) is 15.9 Å². The number of aliphatic imine (C=N–C) groups is 1. The molecule has 0 radical (unpaired) electrons. The maximum Gasteiger partial charge on any atom is 0.243 e. The molecule has 1 amide bonds. The van der Waals surface area contributed by atoms with Crippen LogP contribution in [0, 0.1) is 0 Å². The second-order valence-corrected chi connectivity index (χ2v) is 8.22. The summed E-state index contributed by atoms with van der Waals surface area (Å²) in [5.74, 6) is 0.476. The van der Waals surface area contributed by atoms with Gasteiger partial charge < -0.3 is 15.5 Å². The lowest BCUT2D eigenvalue weighted by molar-refractivity contribution is -0.127. The molecule has 0 bridgehead atoms. The third-order valence-corrected chi connectivity index (χ3v) is 5.28. The van der Waals surface area contributed by atoms with E-state index >= 15 is 0 Å². The molecule has 24 heavy (non-hydrogen) atoms. The van der Waals surface area contributed by atoms with Crippen LogP contribution in [0.5, 0.6) is 0 Å². The molecule has 0 saturated carbocycles. The number of hydrogen-bond acceptors (Lipinski definition) is 4. The van der Waals surface area contributed by atoms with Gasteiger partial charge in [-0.2, -0.15) is 4.31 Å². The zero-order valence-corrected chi connectivity index (χ0v) is 16.0. The molecule has 0 aromatic carbocycles. The summed E-state index contributed by atoms with van der Waals surface area (Å²) in [6.45, 7) is 3.99. The number of nitrogens with zero attached hydrogens (tertiary/aromatic N) is 3. The molecule has 2 N–H and O–H groups in total. The molecule has 140 valence electrons. The summed E-state index contributed by atoms with van der Waals surface area (Å²) in [5, 5.41) is 6.37. The maximum atomic E-state index is 11.8. The summed E-state index contributed by atoms with van der Waals surface area (Å²) in [7, 11) is 0.200. The monoisotopic (exact) mass is 361 g/mol. The highest BCUT2D eigenvalue weighted by Gasteiger charge is 2.31. The van der Waals surface area contributed by atoms with Crippen molar-refractivity contribution in [1.82, 2.24) is 19.8 Å². The Balaban J connectivity index is 2.63. The van der Waals surface area contributed by atoms with Gasteiger partial charge in [-0.05, 0) is 19.3 Å². The predicted octanol–water partition coefficient (Wildman–Crippen LogP) is -0.166. The summed E-state index contributed by atoms with van der Waals surface area (Å²) < 4.78 is 25.1. The minimum absolute atomic E-state index is 0.0644. The number of likely N-dealkylation sites (N-methyl/N-ethyl adjacent to an activating group) is 1. The highest BCUT2D eigenvalue weighted by Crippen LogP contribution is 2.19. The number of nitrogens with one attached hydrogen (secondary N) is 2. The van der Waals surface area contributed by atoms with Gasteiger partial charge in [0.25, 0.3) is 0 Å². The first-order valence-electron chi connectivity index (χ1n) is 8.44. The molecule has 1 aliphatic heterocycles. The minimum atomic E-state index is -3.19. The van der Waals surface area contributed by atoms with Gasteiger partial charge in [-0.3, -0.25) is 4.79 Å². The maximum absolute atomic E-state index is 11.8. The van der Waals surface area contributed by atoms with Crippen LogP contribution in [0.2, 0.25) is 0 Å². The van der Waals surface area contributed by atoms with Crippen molar-refractivity contribution in [3.8, 4) is 0 Å². The molecule has 1 rings (SSSR count). The van der Waals surface area contributed by atoms with Crippen molar-refractivity contribution < 1.29 is 13.2 Å². The number of carbonyl (C=O) groups is 1. The zero-order chi connectivity index (χ0) is 18.2. The minimum Gasteiger partial charge on any atom is -0.356 e. The van der Waals surface area contributed by atoms with E-state index in [0.717, 1.165) is 32.2 Å². The average Bonchev–Trinajstić information content (AvgIpc) is 2.97. The number of sulfonamides is 1. The molecule has 0 unspecified atom stereocenters. The van der Waals surface area contributed by atoms with Gasteiger partial charge in [0.15, 0.2) is 5.96 Å². The van der Waals surface area contributed by atoms with Crippen LogP contribution in [0.1, 0.15) is 32.6 Å². The van der Waals surface area contributed by atoms with Crippen molar-refractivity contribution >= 4 is 21.9 Å². The van der Waals surface area contributed by atoms with Gasteiger partial charge >= 0.3 is 0 Å². The van der Waals surface area contributed by atoms with Crippen molar-refractivity contribution in [2.75, 3.05) is 46.5 Å². The Kier molecular flexibility index (Phi) is 8.47. The fraction of sp³-hybridized carbons (Fsp3) is 0.867. The van der Waals surface area contributed by atoms with Crippen LogP contribution in [0.3, 0.4) is 0 Å². The lowest BCUT2D eigenvalue weighted by Crippen LogP contribution is -2.46. The standard InChI is InChI=1S/C15H31N5O3S/c1-5-6-9-16-15(18-12-14(21)19(2)3)17-11-13-8-7-10-20(13)24(4,22)23/h13H,5-12H2,1-4H3,(H2,16,17,18)/t13-/m1/s1. The zero-order valence-electron chi connectivity index (χ0n) is 15.2. The summed E-state index contributed by atoms with van der Waals surface area (Å²) in [6, 6.07) is -0.0669. The summed E-state index contributed by atoms with van der Waals surface area (Å²) >= 11 is 0. The highest BCUT2D eigenvalue weighted by atomic mass is 32.2. The van der Waals surface area contributed by atoms with Crippen LogP contribution in [-0.4, -0.2) is 82.1 Å². The molecule has 1 aliphatic rings. The van der Waals surface area contributed by atoms with Crippen molar-refractivity contribution in [2.45, 2.75) is 38.6 Å². The number of rotatable bonds is 8. The summed E-state index contributed by atoms with van der Waals surface area (Å²) in [5.41, 5.74) is 0. The van der Waals surface area contributed by atoms with Crippen molar-refractivity contribution in [1.29, 1.82) is 0 Å². The van der Waals surface area contributed by atoms with Gasteiger partial charge in [0.1, 0.15) is 6.54 Å². The van der Waals surface area contributed by atoms with Gasteiger partial charge in [-0.15, -0.1) is 0 Å². The van der Waals surface area contributed by atoms with E-state index < -0.39 is 10.0 Å². The van der Waals surface area contributed by atoms with Gasteiger partial charge in [0, 0.05) is 39.8 Å². The first kappa shape index (κ1) is 20.7. The molecule has 1 saturated heterocycles. The van der Waals surface area contributed by atoms with E-state index in [1.807, 2.05) is 0 Å². The number of carbonyl (C=O) groups excluding carboxylic acids is 1. The van der Waals surface area contributed by atoms with E-state index in [2.05, 4.69) is 22.5 Å². The largest absolute Gasteiger partial charge is 0.356 e. The second-order valence-electron chi connectivity index (χ2n) is 6.28. The van der Waals surface area contributed by atoms with Gasteiger partial charge in [-0.1, -0.05) is 13.3 Å². The smallest absolute Gasteiger partial charge is 0.243 e. The van der Waals surface area contributed by atoms with E-state index in [0.29, 0.717) is 19.0 Å². The number of guanidine groups is 1. The number of hydrogen-bond donors (Lipinski definition) is 2. The quantitative estimate of drug-likeness (QED) is 0.356. The van der Waals surface area contributed by atoms with Crippen LogP contribution in [-0.2, 0) is 14.8 Å².